The van der Waals surface area contributed by atoms with Crippen LogP contribution in [0.1, 0.15) is 21.6 Å². The number of aryl methyl sites for hydroxylation is 1. The molecule has 0 unspecified atom stereocenters. The average Bonchev–Trinajstić information content (AvgIpc) is 3.63. The Kier molecular flexibility index (Phi) is 8.59. The van der Waals surface area contributed by atoms with Gasteiger partial charge < -0.3 is 25.1 Å². The molecule has 1 fully saturated rings. The van der Waals surface area contributed by atoms with Gasteiger partial charge in [0.1, 0.15) is 23.9 Å². The minimum Gasteiger partial charge on any atom is -0.485 e. The number of nitrogens with two attached hydrogens (primary N) is 1. The fourth-order valence-corrected chi connectivity index (χ4v) is 6.33. The summed E-state index contributed by atoms with van der Waals surface area (Å²) in [6.07, 6.45) is -0.208. The standard InChI is InChI=1S/C32H31F3N6O5S/c1-19-13-21(46-28-6-4-3-5-23(28)33)7-8-26(19)41-32(36)22(17-37-41)31(42)25-14-20-15-29(45-18-30(34)35)27(16-24(20)38-25)39-9-11-40(12-10-39)47(2,43)44/h3-8,13-17,30,38H,9-12,18,36H2,1-2H3. The first-order chi connectivity index (χ1) is 22.4. The van der Waals surface area contributed by atoms with Crippen molar-refractivity contribution in [1.29, 1.82) is 0 Å². The summed E-state index contributed by atoms with van der Waals surface area (Å²) in [4.78, 5) is 18.6. The van der Waals surface area contributed by atoms with Crippen LogP contribution in [0.4, 0.5) is 24.7 Å². The molecule has 246 valence electrons. The molecule has 0 bridgehead atoms. The molecule has 0 aliphatic carbocycles. The number of piperazine rings is 1. The predicted octanol–water partition coefficient (Wildman–Crippen LogP) is 5.13. The second kappa shape index (κ2) is 12.6. The molecule has 0 saturated carbocycles. The monoisotopic (exact) mass is 668 g/mol. The molecule has 1 aliphatic rings. The zero-order chi connectivity index (χ0) is 33.5. The number of aromatic nitrogens is 3. The molecule has 5 aromatic rings. The maximum Gasteiger partial charge on any atom is 0.272 e. The van der Waals surface area contributed by atoms with E-state index in [1.807, 2.05) is 4.90 Å². The fourth-order valence-electron chi connectivity index (χ4n) is 5.50. The second-order valence-corrected chi connectivity index (χ2v) is 13.1. The molecule has 0 amide bonds. The number of hydrogen-bond donors (Lipinski definition) is 2. The molecule has 47 heavy (non-hydrogen) atoms. The number of aromatic amines is 1. The van der Waals surface area contributed by atoms with Crippen molar-refractivity contribution in [1.82, 2.24) is 19.1 Å². The topological polar surface area (TPSA) is 136 Å². The molecular weight excluding hydrogens is 637 g/mol. The van der Waals surface area contributed by atoms with E-state index in [-0.39, 0.29) is 41.7 Å². The average molecular weight is 669 g/mol. The van der Waals surface area contributed by atoms with Crippen molar-refractivity contribution in [2.45, 2.75) is 13.3 Å². The lowest BCUT2D eigenvalue weighted by atomic mass is 10.1. The van der Waals surface area contributed by atoms with Gasteiger partial charge >= 0.3 is 0 Å². The number of ether oxygens (including phenoxy) is 2. The molecule has 6 rings (SSSR count). The smallest absolute Gasteiger partial charge is 0.272 e. The molecule has 0 spiro atoms. The van der Waals surface area contributed by atoms with Gasteiger partial charge in [-0.1, -0.05) is 12.1 Å². The normalized spacial score (nSPS) is 14.2. The summed E-state index contributed by atoms with van der Waals surface area (Å²) < 4.78 is 78.1. The third-order valence-electron chi connectivity index (χ3n) is 7.87. The van der Waals surface area contributed by atoms with Crippen molar-refractivity contribution < 1.29 is 35.9 Å². The Morgan fingerprint density at radius 2 is 1.77 bits per heavy atom. The summed E-state index contributed by atoms with van der Waals surface area (Å²) in [5, 5.41) is 4.89. The van der Waals surface area contributed by atoms with Crippen LogP contribution in [0.2, 0.25) is 0 Å². The van der Waals surface area contributed by atoms with Gasteiger partial charge in [-0.25, -0.2) is 26.3 Å². The third kappa shape index (κ3) is 6.62. The SMILES string of the molecule is Cc1cc(Oc2ccccc2F)ccc1-n1ncc(C(=O)c2cc3cc(OCC(F)F)c(N4CCN(S(C)(=O)=O)CC4)cc3[nH]2)c1N. The first kappa shape index (κ1) is 31.9. The Morgan fingerprint density at radius 1 is 1.02 bits per heavy atom. The number of rotatable bonds is 10. The molecule has 1 saturated heterocycles. The molecule has 3 aromatic carbocycles. The molecule has 15 heteroatoms. The van der Waals surface area contributed by atoms with E-state index in [1.54, 1.807) is 55.5 Å². The number of halogens is 3. The van der Waals surface area contributed by atoms with E-state index in [1.165, 1.54) is 27.3 Å². The van der Waals surface area contributed by atoms with Gasteiger partial charge in [0.2, 0.25) is 15.8 Å². The Labute approximate surface area is 268 Å². The van der Waals surface area contributed by atoms with Crippen LogP contribution in [-0.2, 0) is 10.0 Å². The highest BCUT2D eigenvalue weighted by Gasteiger charge is 2.27. The van der Waals surface area contributed by atoms with Crippen molar-refractivity contribution >= 4 is 38.2 Å². The Bertz CT molecular complexity index is 2070. The van der Waals surface area contributed by atoms with E-state index in [4.69, 9.17) is 15.2 Å². The highest BCUT2D eigenvalue weighted by atomic mass is 32.2. The number of nitrogens with one attached hydrogen (secondary N) is 1. The lowest BCUT2D eigenvalue weighted by molar-refractivity contribution is 0.0821. The van der Waals surface area contributed by atoms with Crippen LogP contribution in [0.15, 0.2) is 66.9 Å². The first-order valence-corrected chi connectivity index (χ1v) is 16.4. The molecule has 0 atom stereocenters. The molecule has 0 radical (unpaired) electrons. The number of benzene rings is 3. The van der Waals surface area contributed by atoms with Crippen molar-refractivity contribution in [3.8, 4) is 22.9 Å². The number of para-hydroxylation sites is 1. The second-order valence-electron chi connectivity index (χ2n) is 11.1. The van der Waals surface area contributed by atoms with Gasteiger partial charge in [0.25, 0.3) is 6.43 Å². The number of carbonyl (C=O) groups excluding carboxylic acids is 1. The Morgan fingerprint density at radius 3 is 2.45 bits per heavy atom. The molecule has 11 nitrogen and oxygen atoms in total. The van der Waals surface area contributed by atoms with Crippen molar-refractivity contribution in [2.75, 3.05) is 49.7 Å². The van der Waals surface area contributed by atoms with Gasteiger partial charge in [0.15, 0.2) is 11.6 Å². The summed E-state index contributed by atoms with van der Waals surface area (Å²) in [5.74, 6) is -0.172. The van der Waals surface area contributed by atoms with E-state index in [0.29, 0.717) is 46.7 Å². The predicted molar refractivity (Wildman–Crippen MR) is 171 cm³/mol. The number of fused-ring (bicyclic) bond motifs is 1. The summed E-state index contributed by atoms with van der Waals surface area (Å²) in [6, 6.07) is 15.9. The number of nitrogens with zero attached hydrogens (tertiary/aromatic N) is 4. The lowest BCUT2D eigenvalue weighted by Crippen LogP contribution is -2.48. The van der Waals surface area contributed by atoms with Gasteiger partial charge in [-0.3, -0.25) is 4.79 Å². The van der Waals surface area contributed by atoms with Crippen LogP contribution >= 0.6 is 0 Å². The van der Waals surface area contributed by atoms with E-state index in [0.717, 1.165) is 6.26 Å². The molecule has 3 heterocycles. The van der Waals surface area contributed by atoms with Gasteiger partial charge in [-0.2, -0.15) is 9.40 Å². The molecule has 2 aromatic heterocycles. The van der Waals surface area contributed by atoms with Crippen LogP contribution in [0, 0.1) is 12.7 Å². The van der Waals surface area contributed by atoms with Gasteiger partial charge in [-0.05, 0) is 61.0 Å². The number of sulfonamides is 1. The summed E-state index contributed by atoms with van der Waals surface area (Å²) in [6.45, 7) is 2.07. The van der Waals surface area contributed by atoms with Gasteiger partial charge in [0.05, 0.1) is 35.1 Å². The zero-order valence-electron chi connectivity index (χ0n) is 25.4. The Balaban J connectivity index is 1.27. The molecular formula is C32H31F3N6O5S. The summed E-state index contributed by atoms with van der Waals surface area (Å²) >= 11 is 0. The van der Waals surface area contributed by atoms with E-state index in [2.05, 4.69) is 10.1 Å². The van der Waals surface area contributed by atoms with Crippen LogP contribution in [-0.4, -0.2) is 78.7 Å². The molecule has 1 aliphatic heterocycles. The number of nitrogen functional groups attached to an aromatic ring is 1. The van der Waals surface area contributed by atoms with E-state index < -0.39 is 34.7 Å². The number of hydrogen-bond acceptors (Lipinski definition) is 8. The maximum absolute atomic E-state index is 14.1. The number of anilines is 2. The fraction of sp³-hybridized carbons (Fsp3) is 0.250. The number of H-pyrrole nitrogens is 1. The van der Waals surface area contributed by atoms with Crippen LogP contribution in [0.25, 0.3) is 16.6 Å². The number of carbonyl (C=O) groups is 1. The number of alkyl halides is 2. The quantitative estimate of drug-likeness (QED) is 0.196. The van der Waals surface area contributed by atoms with Crippen molar-refractivity contribution in [3.63, 3.8) is 0 Å². The summed E-state index contributed by atoms with van der Waals surface area (Å²) in [7, 11) is -3.37. The highest BCUT2D eigenvalue weighted by molar-refractivity contribution is 7.88. The van der Waals surface area contributed by atoms with Crippen LogP contribution in [0.5, 0.6) is 17.2 Å². The minimum atomic E-state index is -3.37. The van der Waals surface area contributed by atoms with Gasteiger partial charge in [-0.15, -0.1) is 0 Å². The Hall–Kier alpha value is -5.02. The van der Waals surface area contributed by atoms with E-state index in [9.17, 15) is 26.4 Å². The third-order valence-corrected chi connectivity index (χ3v) is 9.17. The van der Waals surface area contributed by atoms with Crippen molar-refractivity contribution in [2.24, 2.45) is 0 Å². The summed E-state index contributed by atoms with van der Waals surface area (Å²) in [5.41, 5.74) is 9.07. The minimum absolute atomic E-state index is 0.0822. The van der Waals surface area contributed by atoms with Crippen molar-refractivity contribution in [3.05, 3.63) is 89.5 Å². The zero-order valence-corrected chi connectivity index (χ0v) is 26.2. The first-order valence-electron chi connectivity index (χ1n) is 14.6. The highest BCUT2D eigenvalue weighted by Crippen LogP contribution is 2.36. The number of ketones is 1. The largest absolute Gasteiger partial charge is 0.485 e. The lowest BCUT2D eigenvalue weighted by Gasteiger charge is -2.35. The van der Waals surface area contributed by atoms with Crippen LogP contribution < -0.4 is 20.1 Å². The van der Waals surface area contributed by atoms with Crippen LogP contribution in [0.3, 0.4) is 0 Å². The van der Waals surface area contributed by atoms with Gasteiger partial charge in [0, 0.05) is 37.1 Å². The maximum atomic E-state index is 14.1. The van der Waals surface area contributed by atoms with E-state index >= 15 is 0 Å². The molecule has 3 N–H and O–H groups in total.